The number of methoxy groups -OCH3 is 1. The third-order valence-electron chi connectivity index (χ3n) is 3.66. The first-order valence-electron chi connectivity index (χ1n) is 8.69. The summed E-state index contributed by atoms with van der Waals surface area (Å²) in [4.78, 5) is 11.9. The second-order valence-electron chi connectivity index (χ2n) is 5.80. The third-order valence-corrected chi connectivity index (χ3v) is 3.66. The fraction of sp³-hybridized carbons (Fsp3) is 0.227. The molecule has 2 aromatic rings. The average molecular weight is 367 g/mol. The summed E-state index contributed by atoms with van der Waals surface area (Å²) < 4.78 is 16.4. The van der Waals surface area contributed by atoms with Gasteiger partial charge in [-0.25, -0.2) is 0 Å². The second-order valence-corrected chi connectivity index (χ2v) is 5.80. The summed E-state index contributed by atoms with van der Waals surface area (Å²) in [5.41, 5.74) is 2.02. The van der Waals surface area contributed by atoms with E-state index in [1.165, 1.54) is 11.6 Å². The van der Waals surface area contributed by atoms with Crippen LogP contribution in [0.1, 0.15) is 11.1 Å². The van der Waals surface area contributed by atoms with Crippen molar-refractivity contribution in [1.82, 2.24) is 5.32 Å². The van der Waals surface area contributed by atoms with Crippen LogP contribution < -0.4 is 19.5 Å². The van der Waals surface area contributed by atoms with Crippen LogP contribution in [0.2, 0.25) is 0 Å². The number of ether oxygens (including phenoxy) is 3. The molecule has 0 saturated heterocycles. The van der Waals surface area contributed by atoms with E-state index in [0.717, 1.165) is 11.3 Å². The Balaban J connectivity index is 1.79. The number of carbonyl (C=O) groups is 1. The molecule has 0 bridgehead atoms. The molecule has 1 N–H and O–H groups in total. The lowest BCUT2D eigenvalue weighted by Crippen LogP contribution is -2.26. The molecule has 27 heavy (non-hydrogen) atoms. The van der Waals surface area contributed by atoms with Crippen LogP contribution in [0.15, 0.2) is 61.2 Å². The van der Waals surface area contributed by atoms with Crippen LogP contribution in [0.3, 0.4) is 0 Å². The Morgan fingerprint density at radius 2 is 1.89 bits per heavy atom. The molecular formula is C22H25NO4. The Bertz CT molecular complexity index is 781. The zero-order chi connectivity index (χ0) is 19.5. The first-order valence-corrected chi connectivity index (χ1v) is 8.69. The van der Waals surface area contributed by atoms with Gasteiger partial charge in [-0.1, -0.05) is 36.4 Å². The lowest BCUT2D eigenvalue weighted by molar-refractivity contribution is -0.116. The number of nitrogens with one attached hydrogen (secondary N) is 1. The molecule has 2 rings (SSSR count). The summed E-state index contributed by atoms with van der Waals surface area (Å²) in [7, 11) is 1.57. The monoisotopic (exact) mass is 367 g/mol. The quantitative estimate of drug-likeness (QED) is 0.394. The van der Waals surface area contributed by atoms with Crippen molar-refractivity contribution >= 4 is 12.0 Å². The summed E-state index contributed by atoms with van der Waals surface area (Å²) in [5, 5.41) is 2.78. The fourth-order valence-corrected chi connectivity index (χ4v) is 2.26. The van der Waals surface area contributed by atoms with Gasteiger partial charge in [0.05, 0.1) is 13.7 Å². The Morgan fingerprint density at radius 3 is 2.59 bits per heavy atom. The predicted molar refractivity (Wildman–Crippen MR) is 107 cm³/mol. The molecule has 142 valence electrons. The number of carbonyl (C=O) groups excluding carboxylic acids is 1. The third kappa shape index (κ3) is 6.90. The summed E-state index contributed by atoms with van der Waals surface area (Å²) in [6, 6.07) is 13.3. The highest BCUT2D eigenvalue weighted by Gasteiger charge is 2.04. The summed E-state index contributed by atoms with van der Waals surface area (Å²) in [5.74, 6) is 1.84. The van der Waals surface area contributed by atoms with Gasteiger partial charge >= 0.3 is 0 Å². The van der Waals surface area contributed by atoms with Gasteiger partial charge in [-0.15, -0.1) is 0 Å². The zero-order valence-electron chi connectivity index (χ0n) is 15.7. The smallest absolute Gasteiger partial charge is 0.244 e. The topological polar surface area (TPSA) is 56.8 Å². The molecule has 0 saturated carbocycles. The van der Waals surface area contributed by atoms with E-state index < -0.39 is 0 Å². The molecular weight excluding hydrogens is 342 g/mol. The summed E-state index contributed by atoms with van der Waals surface area (Å²) in [6.07, 6.45) is 4.86. The molecule has 1 amide bonds. The fourth-order valence-electron chi connectivity index (χ4n) is 2.26. The van der Waals surface area contributed by atoms with Crippen molar-refractivity contribution in [3.63, 3.8) is 0 Å². The van der Waals surface area contributed by atoms with Crippen LogP contribution in [-0.4, -0.2) is 32.8 Å². The number of aryl methyl sites for hydroxylation is 1. The van der Waals surface area contributed by atoms with Gasteiger partial charge in [-0.3, -0.25) is 4.79 Å². The van der Waals surface area contributed by atoms with Crippen molar-refractivity contribution in [2.45, 2.75) is 6.92 Å². The highest BCUT2D eigenvalue weighted by molar-refractivity contribution is 5.91. The Hall–Kier alpha value is -3.21. The van der Waals surface area contributed by atoms with Gasteiger partial charge in [0.1, 0.15) is 19.0 Å². The lowest BCUT2D eigenvalue weighted by atomic mass is 10.2. The molecule has 0 aliphatic carbocycles. The maximum atomic E-state index is 11.9. The first-order chi connectivity index (χ1) is 13.1. The molecule has 0 unspecified atom stereocenters. The Morgan fingerprint density at radius 1 is 1.11 bits per heavy atom. The molecule has 0 heterocycles. The maximum absolute atomic E-state index is 11.9. The molecule has 0 atom stereocenters. The van der Waals surface area contributed by atoms with Crippen molar-refractivity contribution < 1.29 is 19.0 Å². The highest BCUT2D eigenvalue weighted by Crippen LogP contribution is 2.28. The molecule has 0 fully saturated rings. The molecule has 5 heteroatoms. The number of hydrogen-bond acceptors (Lipinski definition) is 4. The van der Waals surface area contributed by atoms with Crippen LogP contribution >= 0.6 is 0 Å². The van der Waals surface area contributed by atoms with Crippen molar-refractivity contribution in [3.8, 4) is 17.2 Å². The molecule has 0 aliphatic rings. The predicted octanol–water partition coefficient (Wildman–Crippen LogP) is 3.78. The molecule has 0 aromatic heterocycles. The van der Waals surface area contributed by atoms with Crippen molar-refractivity contribution in [2.75, 3.05) is 26.9 Å². The number of benzene rings is 2. The Labute approximate surface area is 160 Å². The standard InChI is InChI=1S/C22H25NO4/c1-4-14-27-20-11-7-18(16-21(20)25-3)8-12-22(24)23-13-15-26-19-9-5-17(2)6-10-19/h4-12,16H,1,13-15H2,2-3H3,(H,23,24)/b12-8+. The van der Waals surface area contributed by atoms with E-state index in [-0.39, 0.29) is 5.91 Å². The summed E-state index contributed by atoms with van der Waals surface area (Å²) >= 11 is 0. The van der Waals surface area contributed by atoms with Crippen LogP contribution in [0.25, 0.3) is 6.08 Å². The van der Waals surface area contributed by atoms with E-state index in [1.54, 1.807) is 25.3 Å². The first kappa shape index (κ1) is 20.1. The largest absolute Gasteiger partial charge is 0.493 e. The van der Waals surface area contributed by atoms with E-state index in [0.29, 0.717) is 31.3 Å². The van der Waals surface area contributed by atoms with Crippen LogP contribution in [0.4, 0.5) is 0 Å². The normalized spacial score (nSPS) is 10.4. The molecule has 0 spiro atoms. The Kier molecular flexibility index (Phi) is 7.97. The average Bonchev–Trinajstić information content (AvgIpc) is 2.69. The second kappa shape index (κ2) is 10.7. The summed E-state index contributed by atoms with van der Waals surface area (Å²) in [6.45, 7) is 6.88. The van der Waals surface area contributed by atoms with Crippen LogP contribution in [0, 0.1) is 6.92 Å². The minimum Gasteiger partial charge on any atom is -0.493 e. The molecule has 0 radical (unpaired) electrons. The number of rotatable bonds is 10. The van der Waals surface area contributed by atoms with Crippen LogP contribution in [-0.2, 0) is 4.79 Å². The lowest BCUT2D eigenvalue weighted by Gasteiger charge is -2.09. The van der Waals surface area contributed by atoms with Gasteiger partial charge in [-0.2, -0.15) is 0 Å². The minimum absolute atomic E-state index is 0.187. The zero-order valence-corrected chi connectivity index (χ0v) is 15.7. The molecule has 2 aromatic carbocycles. The SMILES string of the molecule is C=CCOc1ccc(/C=C/C(=O)NCCOc2ccc(C)cc2)cc1OC. The van der Waals surface area contributed by atoms with E-state index in [2.05, 4.69) is 11.9 Å². The number of hydrogen-bond donors (Lipinski definition) is 1. The minimum atomic E-state index is -0.187. The van der Waals surface area contributed by atoms with Crippen LogP contribution in [0.5, 0.6) is 17.2 Å². The highest BCUT2D eigenvalue weighted by atomic mass is 16.5. The van der Waals surface area contributed by atoms with Gasteiger partial charge in [0, 0.05) is 6.08 Å². The van der Waals surface area contributed by atoms with Crippen molar-refractivity contribution in [3.05, 3.63) is 72.3 Å². The van der Waals surface area contributed by atoms with E-state index in [1.807, 2.05) is 43.3 Å². The van der Waals surface area contributed by atoms with Gasteiger partial charge in [-0.05, 0) is 42.8 Å². The molecule has 0 aliphatic heterocycles. The maximum Gasteiger partial charge on any atom is 0.244 e. The van der Waals surface area contributed by atoms with Crippen molar-refractivity contribution in [1.29, 1.82) is 0 Å². The van der Waals surface area contributed by atoms with E-state index >= 15 is 0 Å². The molecule has 5 nitrogen and oxygen atoms in total. The van der Waals surface area contributed by atoms with E-state index in [9.17, 15) is 4.79 Å². The van der Waals surface area contributed by atoms with E-state index in [4.69, 9.17) is 14.2 Å². The van der Waals surface area contributed by atoms with Gasteiger partial charge in [0.15, 0.2) is 11.5 Å². The van der Waals surface area contributed by atoms with Gasteiger partial charge < -0.3 is 19.5 Å². The number of amides is 1. The van der Waals surface area contributed by atoms with Crippen molar-refractivity contribution in [2.24, 2.45) is 0 Å². The van der Waals surface area contributed by atoms with Gasteiger partial charge in [0.2, 0.25) is 5.91 Å². The van der Waals surface area contributed by atoms with Gasteiger partial charge in [0.25, 0.3) is 0 Å².